The Morgan fingerprint density at radius 2 is 2.12 bits per heavy atom. The first kappa shape index (κ1) is 18.2. The quantitative estimate of drug-likeness (QED) is 0.793. The molecule has 2 aliphatic heterocycles. The van der Waals surface area contributed by atoms with E-state index in [2.05, 4.69) is 9.71 Å². The average molecular weight is 381 g/mol. The topological polar surface area (TPSA) is 107 Å². The van der Waals surface area contributed by atoms with Crippen LogP contribution in [-0.2, 0) is 19.7 Å². The van der Waals surface area contributed by atoms with E-state index in [1.165, 1.54) is 20.2 Å². The Bertz CT molecular complexity index is 893. The Morgan fingerprint density at radius 3 is 2.85 bits per heavy atom. The molecule has 0 bridgehead atoms. The number of hydrogen-bond donors (Lipinski definition) is 1. The molecule has 0 saturated heterocycles. The third kappa shape index (κ3) is 3.51. The molecule has 2 aliphatic rings. The molecule has 0 radical (unpaired) electrons. The predicted octanol–water partition coefficient (Wildman–Crippen LogP) is 0.430. The molecule has 1 aromatic rings. The molecule has 140 valence electrons. The second-order valence-corrected chi connectivity index (χ2v) is 7.48. The van der Waals surface area contributed by atoms with Crippen molar-refractivity contribution in [1.29, 1.82) is 0 Å². The van der Waals surface area contributed by atoms with Gasteiger partial charge in [0.25, 0.3) is 5.91 Å². The molecule has 0 saturated carbocycles. The first-order valence-electron chi connectivity index (χ1n) is 7.82. The molecule has 1 aromatic carbocycles. The van der Waals surface area contributed by atoms with Gasteiger partial charge in [0.2, 0.25) is 6.79 Å². The van der Waals surface area contributed by atoms with Crippen LogP contribution in [0.15, 0.2) is 34.4 Å². The SMILES string of the molecule is COC[C@H](C)NC(=O)C1=CC(c2ccc3c(c2)OCO3)=NS(=O)(=O)N1C. The number of carbonyl (C=O) groups is 1. The maximum absolute atomic E-state index is 12.5. The zero-order chi connectivity index (χ0) is 18.9. The van der Waals surface area contributed by atoms with Crippen LogP contribution in [0.5, 0.6) is 11.5 Å². The molecule has 1 atom stereocenters. The summed E-state index contributed by atoms with van der Waals surface area (Å²) >= 11 is 0. The normalized spacial score (nSPS) is 18.8. The minimum atomic E-state index is -4.03. The van der Waals surface area contributed by atoms with E-state index in [-0.39, 0.29) is 24.2 Å². The average Bonchev–Trinajstić information content (AvgIpc) is 3.04. The van der Waals surface area contributed by atoms with Crippen LogP contribution in [0.4, 0.5) is 0 Å². The van der Waals surface area contributed by atoms with Crippen LogP contribution in [0.1, 0.15) is 12.5 Å². The van der Waals surface area contributed by atoms with E-state index in [0.29, 0.717) is 23.7 Å². The summed E-state index contributed by atoms with van der Waals surface area (Å²) in [4.78, 5) is 12.5. The van der Waals surface area contributed by atoms with Crippen LogP contribution in [0, 0.1) is 0 Å². The Morgan fingerprint density at radius 1 is 1.38 bits per heavy atom. The van der Waals surface area contributed by atoms with Crippen molar-refractivity contribution in [1.82, 2.24) is 9.62 Å². The van der Waals surface area contributed by atoms with Crippen molar-refractivity contribution in [3.63, 3.8) is 0 Å². The number of carbonyl (C=O) groups excluding carboxylic acids is 1. The lowest BCUT2D eigenvalue weighted by Gasteiger charge is -2.24. The van der Waals surface area contributed by atoms with Gasteiger partial charge in [-0.25, -0.2) is 4.31 Å². The Balaban J connectivity index is 1.95. The minimum absolute atomic E-state index is 0.0318. The fourth-order valence-electron chi connectivity index (χ4n) is 2.55. The summed E-state index contributed by atoms with van der Waals surface area (Å²) in [6.07, 6.45) is 1.42. The minimum Gasteiger partial charge on any atom is -0.454 e. The first-order valence-corrected chi connectivity index (χ1v) is 9.22. The molecule has 3 rings (SSSR count). The van der Waals surface area contributed by atoms with Gasteiger partial charge in [-0.05, 0) is 31.2 Å². The summed E-state index contributed by atoms with van der Waals surface area (Å²) in [5.74, 6) is 0.531. The highest BCUT2D eigenvalue weighted by Gasteiger charge is 2.31. The molecule has 26 heavy (non-hydrogen) atoms. The number of rotatable bonds is 5. The van der Waals surface area contributed by atoms with Gasteiger partial charge in [0, 0.05) is 25.8 Å². The van der Waals surface area contributed by atoms with E-state index in [9.17, 15) is 13.2 Å². The van der Waals surface area contributed by atoms with E-state index < -0.39 is 16.1 Å². The van der Waals surface area contributed by atoms with Gasteiger partial charge in [0.15, 0.2) is 11.5 Å². The van der Waals surface area contributed by atoms with Crippen molar-refractivity contribution >= 4 is 21.8 Å². The molecule has 0 aliphatic carbocycles. The van der Waals surface area contributed by atoms with E-state index in [1.54, 1.807) is 25.1 Å². The molecule has 0 unspecified atom stereocenters. The summed E-state index contributed by atoms with van der Waals surface area (Å²) in [6, 6.07) is 4.67. The molecule has 10 heteroatoms. The lowest BCUT2D eigenvalue weighted by atomic mass is 10.1. The zero-order valence-electron chi connectivity index (χ0n) is 14.6. The van der Waals surface area contributed by atoms with Gasteiger partial charge in [-0.2, -0.15) is 8.42 Å². The van der Waals surface area contributed by atoms with Crippen LogP contribution in [0.2, 0.25) is 0 Å². The number of fused-ring (bicyclic) bond motifs is 1. The summed E-state index contributed by atoms with van der Waals surface area (Å²) < 4.78 is 44.9. The van der Waals surface area contributed by atoms with Crippen molar-refractivity contribution in [3.8, 4) is 11.5 Å². The zero-order valence-corrected chi connectivity index (χ0v) is 15.4. The number of benzene rings is 1. The highest BCUT2D eigenvalue weighted by atomic mass is 32.2. The molecule has 2 heterocycles. The van der Waals surface area contributed by atoms with E-state index in [4.69, 9.17) is 14.2 Å². The maximum atomic E-state index is 12.5. The molecule has 9 nitrogen and oxygen atoms in total. The fraction of sp³-hybridized carbons (Fsp3) is 0.375. The molecule has 0 fully saturated rings. The standard InChI is InChI=1S/C16H19N3O6S/c1-10(8-23-3)17-16(20)13-7-12(18-26(21,22)19(13)2)11-4-5-14-15(6-11)25-9-24-14/h4-7,10H,8-9H2,1-3H3,(H,17,20)/t10-/m0/s1. The van der Waals surface area contributed by atoms with Crippen molar-refractivity contribution in [2.45, 2.75) is 13.0 Å². The largest absolute Gasteiger partial charge is 0.454 e. The number of allylic oxidation sites excluding steroid dienone is 1. The lowest BCUT2D eigenvalue weighted by Crippen LogP contribution is -2.42. The Hall–Kier alpha value is -2.59. The second-order valence-electron chi connectivity index (χ2n) is 5.85. The van der Waals surface area contributed by atoms with Crippen LogP contribution in [-0.4, -0.2) is 57.9 Å². The number of likely N-dealkylation sites (N-methyl/N-ethyl adjacent to an activating group) is 1. The summed E-state index contributed by atoms with van der Waals surface area (Å²) in [5, 5.41) is 2.69. The Labute approximate surface area is 151 Å². The van der Waals surface area contributed by atoms with E-state index in [1.807, 2.05) is 0 Å². The van der Waals surface area contributed by atoms with Crippen molar-refractivity contribution in [2.75, 3.05) is 27.6 Å². The highest BCUT2D eigenvalue weighted by molar-refractivity contribution is 7.88. The van der Waals surface area contributed by atoms with Crippen LogP contribution in [0.25, 0.3) is 0 Å². The van der Waals surface area contributed by atoms with Crippen LogP contribution < -0.4 is 14.8 Å². The number of nitrogens with one attached hydrogen (secondary N) is 1. The molecule has 0 spiro atoms. The lowest BCUT2D eigenvalue weighted by molar-refractivity contribution is -0.119. The smallest absolute Gasteiger partial charge is 0.345 e. The van der Waals surface area contributed by atoms with Crippen molar-refractivity contribution < 1.29 is 27.4 Å². The summed E-state index contributed by atoms with van der Waals surface area (Å²) in [7, 11) is -1.23. The number of methoxy groups -OCH3 is 1. The van der Waals surface area contributed by atoms with E-state index >= 15 is 0 Å². The van der Waals surface area contributed by atoms with Crippen molar-refractivity contribution in [3.05, 3.63) is 35.5 Å². The molecular weight excluding hydrogens is 362 g/mol. The van der Waals surface area contributed by atoms with Gasteiger partial charge >= 0.3 is 10.2 Å². The number of amides is 1. The Kier molecular flexibility index (Phi) is 4.88. The first-order chi connectivity index (χ1) is 12.3. The van der Waals surface area contributed by atoms with Gasteiger partial charge in [-0.3, -0.25) is 4.79 Å². The fourth-order valence-corrected chi connectivity index (χ4v) is 3.46. The van der Waals surface area contributed by atoms with Gasteiger partial charge in [-0.15, -0.1) is 4.40 Å². The van der Waals surface area contributed by atoms with Gasteiger partial charge < -0.3 is 19.5 Å². The van der Waals surface area contributed by atoms with Gasteiger partial charge in [-0.1, -0.05) is 0 Å². The highest BCUT2D eigenvalue weighted by Crippen LogP contribution is 2.33. The third-order valence-electron chi connectivity index (χ3n) is 3.87. The summed E-state index contributed by atoms with van der Waals surface area (Å²) in [6.45, 7) is 2.16. The molecular formula is C16H19N3O6S. The number of nitrogens with zero attached hydrogens (tertiary/aromatic N) is 2. The van der Waals surface area contributed by atoms with Gasteiger partial charge in [0.05, 0.1) is 12.3 Å². The van der Waals surface area contributed by atoms with Crippen molar-refractivity contribution in [2.24, 2.45) is 4.40 Å². The van der Waals surface area contributed by atoms with Crippen LogP contribution >= 0.6 is 0 Å². The maximum Gasteiger partial charge on any atom is 0.345 e. The summed E-state index contributed by atoms with van der Waals surface area (Å²) in [5.41, 5.74) is 0.614. The van der Waals surface area contributed by atoms with Crippen LogP contribution in [0.3, 0.4) is 0 Å². The van der Waals surface area contributed by atoms with Gasteiger partial charge in [0.1, 0.15) is 5.70 Å². The molecule has 1 N–H and O–H groups in total. The number of ether oxygens (including phenoxy) is 3. The predicted molar refractivity (Wildman–Crippen MR) is 93.3 cm³/mol. The second kappa shape index (κ2) is 6.96. The molecule has 0 aromatic heterocycles. The third-order valence-corrected chi connectivity index (χ3v) is 5.18. The van der Waals surface area contributed by atoms with E-state index in [0.717, 1.165) is 4.31 Å². The number of hydrogen-bond acceptors (Lipinski definition) is 6. The molecule has 1 amide bonds. The monoisotopic (exact) mass is 381 g/mol.